The fraction of sp³-hybridized carbons (Fsp3) is 0.190. The van der Waals surface area contributed by atoms with Crippen LogP contribution in [-0.2, 0) is 22.6 Å². The molecular formula is C21H20N4O3. The molecule has 2 heterocycles. The monoisotopic (exact) mass is 376 g/mol. The van der Waals surface area contributed by atoms with E-state index in [-0.39, 0.29) is 11.6 Å². The molecule has 1 aliphatic rings. The van der Waals surface area contributed by atoms with Gasteiger partial charge in [-0.05, 0) is 11.1 Å². The molecule has 0 spiro atoms. The lowest BCUT2D eigenvalue weighted by Crippen LogP contribution is -2.47. The van der Waals surface area contributed by atoms with Gasteiger partial charge in [0.2, 0.25) is 6.23 Å². The molecule has 28 heavy (non-hydrogen) atoms. The number of amides is 2. The lowest BCUT2D eigenvalue weighted by atomic mass is 10.2. The Balaban J connectivity index is 1.78. The van der Waals surface area contributed by atoms with Crippen molar-refractivity contribution >= 4 is 17.6 Å². The number of carbonyl (C=O) groups is 2. The van der Waals surface area contributed by atoms with Crippen molar-refractivity contribution in [2.24, 2.45) is 0 Å². The molecule has 2 aromatic carbocycles. The van der Waals surface area contributed by atoms with Crippen LogP contribution >= 0.6 is 0 Å². The lowest BCUT2D eigenvalue weighted by Gasteiger charge is -2.25. The van der Waals surface area contributed by atoms with Gasteiger partial charge in [-0.2, -0.15) is 0 Å². The first kappa shape index (κ1) is 17.9. The maximum atomic E-state index is 13.1. The Hall–Kier alpha value is -3.45. The van der Waals surface area contributed by atoms with Gasteiger partial charge in [0.1, 0.15) is 5.82 Å². The van der Waals surface area contributed by atoms with Crippen molar-refractivity contribution in [3.8, 4) is 0 Å². The summed E-state index contributed by atoms with van der Waals surface area (Å²) in [4.78, 5) is 31.6. The molecule has 1 atom stereocenters. The standard InChI is InChI=1S/C21H20N4O3/c1-28-19-21(27)25(13-16-10-6-3-7-11-16)20-17(18(26)23-19)22-14-24(20)12-15-8-4-2-5-9-15/h2-11,14,19H,12-13H2,1H3,(H,23,26). The number of ether oxygens (including phenoxy) is 1. The molecule has 1 unspecified atom stereocenters. The second-order valence-electron chi connectivity index (χ2n) is 6.53. The zero-order valence-electron chi connectivity index (χ0n) is 15.4. The summed E-state index contributed by atoms with van der Waals surface area (Å²) in [7, 11) is 1.39. The highest BCUT2D eigenvalue weighted by Crippen LogP contribution is 2.27. The predicted molar refractivity (Wildman–Crippen MR) is 104 cm³/mol. The smallest absolute Gasteiger partial charge is 0.278 e. The summed E-state index contributed by atoms with van der Waals surface area (Å²) in [6, 6.07) is 19.4. The van der Waals surface area contributed by atoms with Gasteiger partial charge >= 0.3 is 0 Å². The minimum atomic E-state index is -1.06. The normalized spacial score (nSPS) is 16.5. The largest absolute Gasteiger partial charge is 0.353 e. The first-order chi connectivity index (χ1) is 13.7. The number of anilines is 1. The van der Waals surface area contributed by atoms with E-state index >= 15 is 0 Å². The zero-order chi connectivity index (χ0) is 19.5. The number of rotatable bonds is 5. The van der Waals surface area contributed by atoms with Crippen LogP contribution in [0.5, 0.6) is 0 Å². The summed E-state index contributed by atoms with van der Waals surface area (Å²) >= 11 is 0. The second-order valence-corrected chi connectivity index (χ2v) is 6.53. The van der Waals surface area contributed by atoms with Gasteiger partial charge < -0.3 is 14.6 Å². The number of benzene rings is 2. The van der Waals surface area contributed by atoms with Gasteiger partial charge in [-0.25, -0.2) is 4.98 Å². The van der Waals surface area contributed by atoms with Crippen LogP contribution in [0.4, 0.5) is 5.82 Å². The molecule has 3 aromatic rings. The van der Waals surface area contributed by atoms with Crippen LogP contribution in [0.1, 0.15) is 21.6 Å². The first-order valence-corrected chi connectivity index (χ1v) is 8.95. The van der Waals surface area contributed by atoms with Crippen molar-refractivity contribution in [3.63, 3.8) is 0 Å². The van der Waals surface area contributed by atoms with E-state index in [1.54, 1.807) is 11.2 Å². The molecule has 7 heteroatoms. The Bertz CT molecular complexity index is 985. The van der Waals surface area contributed by atoms with E-state index in [0.29, 0.717) is 18.9 Å². The summed E-state index contributed by atoms with van der Waals surface area (Å²) < 4.78 is 7.04. The summed E-state index contributed by atoms with van der Waals surface area (Å²) in [6.07, 6.45) is 0.533. The van der Waals surface area contributed by atoms with Crippen molar-refractivity contribution < 1.29 is 14.3 Å². The van der Waals surface area contributed by atoms with Crippen molar-refractivity contribution in [1.82, 2.24) is 14.9 Å². The van der Waals surface area contributed by atoms with Gasteiger partial charge in [-0.1, -0.05) is 60.7 Å². The third-order valence-corrected chi connectivity index (χ3v) is 4.65. The average Bonchev–Trinajstić information content (AvgIpc) is 3.10. The van der Waals surface area contributed by atoms with Crippen molar-refractivity contribution in [3.05, 3.63) is 83.8 Å². The molecule has 4 rings (SSSR count). The molecule has 0 bridgehead atoms. The Kier molecular flexibility index (Phi) is 4.90. The zero-order valence-corrected chi connectivity index (χ0v) is 15.4. The third-order valence-electron chi connectivity index (χ3n) is 4.65. The molecule has 1 aromatic heterocycles. The number of imidazole rings is 1. The fourth-order valence-electron chi connectivity index (χ4n) is 3.29. The van der Waals surface area contributed by atoms with Crippen LogP contribution in [-0.4, -0.2) is 34.7 Å². The summed E-state index contributed by atoms with van der Waals surface area (Å²) in [5, 5.41) is 2.60. The van der Waals surface area contributed by atoms with Crippen LogP contribution in [0.2, 0.25) is 0 Å². The van der Waals surface area contributed by atoms with E-state index in [2.05, 4.69) is 10.3 Å². The number of nitrogens with one attached hydrogen (secondary N) is 1. The van der Waals surface area contributed by atoms with E-state index in [1.807, 2.05) is 65.2 Å². The topological polar surface area (TPSA) is 76.5 Å². The number of fused-ring (bicyclic) bond motifs is 1. The molecule has 0 saturated carbocycles. The highest BCUT2D eigenvalue weighted by Gasteiger charge is 2.37. The summed E-state index contributed by atoms with van der Waals surface area (Å²) in [6.45, 7) is 0.800. The van der Waals surface area contributed by atoms with Crippen LogP contribution in [0.15, 0.2) is 67.0 Å². The summed E-state index contributed by atoms with van der Waals surface area (Å²) in [5.74, 6) is -0.305. The van der Waals surface area contributed by atoms with Gasteiger partial charge in [0, 0.05) is 7.11 Å². The van der Waals surface area contributed by atoms with E-state index in [0.717, 1.165) is 11.1 Å². The Morgan fingerprint density at radius 3 is 2.18 bits per heavy atom. The van der Waals surface area contributed by atoms with E-state index in [1.165, 1.54) is 7.11 Å². The minimum absolute atomic E-state index is 0.208. The highest BCUT2D eigenvalue weighted by molar-refractivity contribution is 6.08. The van der Waals surface area contributed by atoms with E-state index in [4.69, 9.17) is 4.74 Å². The number of methoxy groups -OCH3 is 1. The van der Waals surface area contributed by atoms with Crippen LogP contribution in [0.3, 0.4) is 0 Å². The highest BCUT2D eigenvalue weighted by atomic mass is 16.5. The molecule has 2 amide bonds. The molecular weight excluding hydrogens is 356 g/mol. The van der Waals surface area contributed by atoms with Gasteiger partial charge in [-0.15, -0.1) is 0 Å². The Labute approximate surface area is 162 Å². The molecule has 0 radical (unpaired) electrons. The number of hydrogen-bond donors (Lipinski definition) is 1. The Morgan fingerprint density at radius 1 is 0.964 bits per heavy atom. The molecule has 0 saturated heterocycles. The van der Waals surface area contributed by atoms with Crippen molar-refractivity contribution in [1.29, 1.82) is 0 Å². The minimum Gasteiger partial charge on any atom is -0.353 e. The average molecular weight is 376 g/mol. The predicted octanol–water partition coefficient (Wildman–Crippen LogP) is 2.18. The molecule has 0 aliphatic carbocycles. The van der Waals surface area contributed by atoms with Gasteiger partial charge in [0.15, 0.2) is 5.69 Å². The lowest BCUT2D eigenvalue weighted by molar-refractivity contribution is -0.129. The second kappa shape index (κ2) is 7.66. The molecule has 142 valence electrons. The molecule has 1 aliphatic heterocycles. The first-order valence-electron chi connectivity index (χ1n) is 8.95. The number of hydrogen-bond acceptors (Lipinski definition) is 4. The van der Waals surface area contributed by atoms with Crippen molar-refractivity contribution in [2.45, 2.75) is 19.3 Å². The van der Waals surface area contributed by atoms with Crippen LogP contribution < -0.4 is 10.2 Å². The fourth-order valence-corrected chi connectivity index (χ4v) is 3.29. The van der Waals surface area contributed by atoms with Crippen molar-refractivity contribution in [2.75, 3.05) is 12.0 Å². The van der Waals surface area contributed by atoms with Gasteiger partial charge in [0.05, 0.1) is 19.4 Å². The number of carbonyl (C=O) groups excluding carboxylic acids is 2. The van der Waals surface area contributed by atoms with E-state index < -0.39 is 12.1 Å². The number of nitrogens with zero attached hydrogens (tertiary/aromatic N) is 3. The molecule has 7 nitrogen and oxygen atoms in total. The van der Waals surface area contributed by atoms with Crippen LogP contribution in [0.25, 0.3) is 0 Å². The van der Waals surface area contributed by atoms with Gasteiger partial charge in [0.25, 0.3) is 11.8 Å². The molecule has 1 N–H and O–H groups in total. The third kappa shape index (κ3) is 3.39. The quantitative estimate of drug-likeness (QED) is 0.741. The molecule has 0 fully saturated rings. The number of aromatic nitrogens is 2. The SMILES string of the molecule is COC1NC(=O)c2ncn(Cc3ccccc3)c2N(Cc2ccccc2)C1=O. The van der Waals surface area contributed by atoms with E-state index in [9.17, 15) is 9.59 Å². The van der Waals surface area contributed by atoms with Gasteiger partial charge in [-0.3, -0.25) is 14.5 Å². The Morgan fingerprint density at radius 2 is 1.57 bits per heavy atom. The maximum Gasteiger partial charge on any atom is 0.278 e. The summed E-state index contributed by atoms with van der Waals surface area (Å²) in [5.41, 5.74) is 2.20. The maximum absolute atomic E-state index is 13.1. The van der Waals surface area contributed by atoms with Crippen LogP contribution in [0, 0.1) is 0 Å².